The van der Waals surface area contributed by atoms with Crippen LogP contribution in [0.3, 0.4) is 0 Å². The van der Waals surface area contributed by atoms with Crippen molar-refractivity contribution in [3.8, 4) is 0 Å². The highest BCUT2D eigenvalue weighted by Gasteiger charge is 2.27. The summed E-state index contributed by atoms with van der Waals surface area (Å²) in [7, 11) is 0. The fourth-order valence-corrected chi connectivity index (χ4v) is 3.35. The van der Waals surface area contributed by atoms with Crippen molar-refractivity contribution in [2.45, 2.75) is 43.8 Å². The second-order valence-electron chi connectivity index (χ2n) is 8.01. The predicted molar refractivity (Wildman–Crippen MR) is 125 cm³/mol. The van der Waals surface area contributed by atoms with Crippen molar-refractivity contribution in [1.82, 2.24) is 20.9 Å². The largest absolute Gasteiger partial charge is 0.481 e. The Bertz CT molecular complexity index is 1150. The second-order valence-corrected chi connectivity index (χ2v) is 8.01. The van der Waals surface area contributed by atoms with E-state index in [1.807, 2.05) is 23.5 Å². The van der Waals surface area contributed by atoms with Gasteiger partial charge in [0, 0.05) is 29.9 Å². The third-order valence-electron chi connectivity index (χ3n) is 5.21. The number of aromatic amines is 1. The number of carbonyl (C=O) groups excluding carboxylic acids is 4. The van der Waals surface area contributed by atoms with Gasteiger partial charge in [-0.2, -0.15) is 0 Å². The molecule has 1 heterocycles. The molecule has 14 nitrogen and oxygen atoms in total. The summed E-state index contributed by atoms with van der Waals surface area (Å²) >= 11 is 0. The van der Waals surface area contributed by atoms with Crippen molar-refractivity contribution in [2.75, 3.05) is 6.54 Å². The number of fused-ring (bicyclic) bond motifs is 1. The summed E-state index contributed by atoms with van der Waals surface area (Å²) in [6.45, 7) is -0.670. The van der Waals surface area contributed by atoms with E-state index in [1.54, 1.807) is 12.3 Å². The van der Waals surface area contributed by atoms with Gasteiger partial charge < -0.3 is 42.6 Å². The van der Waals surface area contributed by atoms with E-state index in [-0.39, 0.29) is 19.3 Å². The summed E-state index contributed by atoms with van der Waals surface area (Å²) < 4.78 is 0. The Hall–Kier alpha value is -4.46. The first-order valence-electron chi connectivity index (χ1n) is 10.9. The number of aromatic nitrogens is 1. The molecule has 0 aliphatic heterocycles. The van der Waals surface area contributed by atoms with Crippen LogP contribution >= 0.6 is 0 Å². The molecule has 2 aromatic rings. The van der Waals surface area contributed by atoms with Crippen LogP contribution in [0.4, 0.5) is 0 Å². The van der Waals surface area contributed by atoms with Crippen molar-refractivity contribution in [3.63, 3.8) is 0 Å². The van der Waals surface area contributed by atoms with Crippen LogP contribution in [0.5, 0.6) is 0 Å². The minimum absolute atomic E-state index is 0.0164. The summed E-state index contributed by atoms with van der Waals surface area (Å²) in [6, 6.07) is 3.28. The van der Waals surface area contributed by atoms with Crippen LogP contribution in [0.1, 0.15) is 24.8 Å². The maximum absolute atomic E-state index is 12.9. The molecule has 0 spiro atoms. The van der Waals surface area contributed by atoms with Gasteiger partial charge in [0.25, 0.3) is 0 Å². The monoisotopic (exact) mass is 504 g/mol. The Labute approximate surface area is 204 Å². The average Bonchev–Trinajstić information content (AvgIpc) is 3.22. The van der Waals surface area contributed by atoms with Crippen LogP contribution in [-0.2, 0) is 35.2 Å². The number of primary amides is 1. The maximum Gasteiger partial charge on any atom is 0.326 e. The van der Waals surface area contributed by atoms with Gasteiger partial charge in [-0.15, -0.1) is 0 Å². The highest BCUT2D eigenvalue weighted by Crippen LogP contribution is 2.19. The number of nitrogens with one attached hydrogen (secondary N) is 4. The standard InChI is InChI=1S/C22H28N6O8/c23-13(5-6-17(24)29)20(33)28-15(7-11-9-25-14-4-2-1-3-12(11)14)21(34)26-10-18(30)27-16(22(35)36)8-19(31)32/h1-4,9,13,15-16,25H,5-8,10,23H2,(H2,24,29)(H,26,34)(H,27,30)(H,28,33)(H,31,32)(H,35,36). The zero-order valence-corrected chi connectivity index (χ0v) is 19.2. The van der Waals surface area contributed by atoms with Gasteiger partial charge in [-0.05, 0) is 18.1 Å². The number of rotatable bonds is 14. The molecule has 0 bridgehead atoms. The third kappa shape index (κ3) is 8.39. The Morgan fingerprint density at radius 1 is 0.972 bits per heavy atom. The number of nitrogens with two attached hydrogens (primary N) is 2. The molecule has 0 aliphatic rings. The lowest BCUT2D eigenvalue weighted by molar-refractivity contribution is -0.147. The van der Waals surface area contributed by atoms with E-state index in [0.29, 0.717) is 5.56 Å². The minimum Gasteiger partial charge on any atom is -0.481 e. The van der Waals surface area contributed by atoms with Crippen molar-refractivity contribution in [2.24, 2.45) is 11.5 Å². The van der Waals surface area contributed by atoms with Gasteiger partial charge in [-0.1, -0.05) is 18.2 Å². The van der Waals surface area contributed by atoms with Gasteiger partial charge in [-0.25, -0.2) is 4.79 Å². The maximum atomic E-state index is 12.9. The van der Waals surface area contributed by atoms with Crippen LogP contribution in [0, 0.1) is 0 Å². The fourth-order valence-electron chi connectivity index (χ4n) is 3.35. The Morgan fingerprint density at radius 3 is 2.31 bits per heavy atom. The van der Waals surface area contributed by atoms with E-state index in [0.717, 1.165) is 10.9 Å². The molecule has 0 saturated heterocycles. The molecule has 36 heavy (non-hydrogen) atoms. The molecular weight excluding hydrogens is 476 g/mol. The highest BCUT2D eigenvalue weighted by molar-refractivity contribution is 5.94. The average molecular weight is 505 g/mol. The molecule has 4 amide bonds. The zero-order chi connectivity index (χ0) is 26.8. The Balaban J connectivity index is 2.11. The highest BCUT2D eigenvalue weighted by atomic mass is 16.4. The van der Waals surface area contributed by atoms with Gasteiger partial charge in [0.15, 0.2) is 0 Å². The second kappa shape index (κ2) is 12.9. The number of para-hydroxylation sites is 1. The van der Waals surface area contributed by atoms with Gasteiger partial charge in [0.1, 0.15) is 12.1 Å². The zero-order valence-electron chi connectivity index (χ0n) is 19.2. The Kier molecular flexibility index (Phi) is 9.92. The first kappa shape index (κ1) is 27.8. The number of amides is 4. The molecule has 3 atom stereocenters. The third-order valence-corrected chi connectivity index (χ3v) is 5.21. The first-order valence-corrected chi connectivity index (χ1v) is 10.9. The lowest BCUT2D eigenvalue weighted by Crippen LogP contribution is -2.54. The number of H-pyrrole nitrogens is 1. The molecule has 1 aromatic carbocycles. The molecule has 194 valence electrons. The molecule has 14 heteroatoms. The van der Waals surface area contributed by atoms with Gasteiger partial charge in [0.2, 0.25) is 23.6 Å². The number of hydrogen-bond acceptors (Lipinski definition) is 7. The van der Waals surface area contributed by atoms with Crippen LogP contribution < -0.4 is 27.4 Å². The van der Waals surface area contributed by atoms with Gasteiger partial charge in [0.05, 0.1) is 19.0 Å². The summed E-state index contributed by atoms with van der Waals surface area (Å²) in [6.07, 6.45) is 0.667. The van der Waals surface area contributed by atoms with E-state index >= 15 is 0 Å². The summed E-state index contributed by atoms with van der Waals surface area (Å²) in [5.41, 5.74) is 12.4. The van der Waals surface area contributed by atoms with E-state index in [1.165, 1.54) is 0 Å². The number of hydrogen-bond donors (Lipinski definition) is 8. The molecule has 10 N–H and O–H groups in total. The smallest absolute Gasteiger partial charge is 0.326 e. The molecule has 0 aliphatic carbocycles. The number of carboxylic acids is 2. The topological polar surface area (TPSA) is 247 Å². The fraction of sp³-hybridized carbons (Fsp3) is 0.364. The quantitative estimate of drug-likeness (QED) is 0.141. The molecular formula is C22H28N6O8. The van der Waals surface area contributed by atoms with Crippen molar-refractivity contribution < 1.29 is 39.0 Å². The molecule has 2 rings (SSSR count). The van der Waals surface area contributed by atoms with Crippen LogP contribution in [0.25, 0.3) is 10.9 Å². The SMILES string of the molecule is NC(=O)CCC(N)C(=O)NC(Cc1c[nH]c2ccccc12)C(=O)NCC(=O)NC(CC(=O)O)C(=O)O. The predicted octanol–water partition coefficient (Wildman–Crippen LogP) is -2.05. The van der Waals surface area contributed by atoms with Crippen LogP contribution in [0.2, 0.25) is 0 Å². The molecule has 1 aromatic heterocycles. The lowest BCUT2D eigenvalue weighted by Gasteiger charge is -2.21. The first-order chi connectivity index (χ1) is 17.0. The van der Waals surface area contributed by atoms with Crippen molar-refractivity contribution in [1.29, 1.82) is 0 Å². The molecule has 3 unspecified atom stereocenters. The van der Waals surface area contributed by atoms with Gasteiger partial charge in [-0.3, -0.25) is 24.0 Å². The normalized spacial score (nSPS) is 13.2. The summed E-state index contributed by atoms with van der Waals surface area (Å²) in [5, 5.41) is 25.4. The number of carboxylic acid groups (broad SMARTS) is 2. The lowest BCUT2D eigenvalue weighted by atomic mass is 10.0. The van der Waals surface area contributed by atoms with Crippen molar-refractivity contribution in [3.05, 3.63) is 36.0 Å². The molecule has 0 radical (unpaired) electrons. The van der Waals surface area contributed by atoms with Crippen LogP contribution in [-0.4, -0.2) is 75.4 Å². The van der Waals surface area contributed by atoms with E-state index in [4.69, 9.17) is 21.7 Å². The van der Waals surface area contributed by atoms with Gasteiger partial charge >= 0.3 is 11.9 Å². The Morgan fingerprint density at radius 2 is 1.67 bits per heavy atom. The number of benzene rings is 1. The number of aliphatic carboxylic acids is 2. The number of carbonyl (C=O) groups is 6. The van der Waals surface area contributed by atoms with Crippen molar-refractivity contribution >= 4 is 46.5 Å². The van der Waals surface area contributed by atoms with E-state index in [9.17, 15) is 28.8 Å². The van der Waals surface area contributed by atoms with E-state index < -0.39 is 66.7 Å². The molecule has 0 saturated carbocycles. The van der Waals surface area contributed by atoms with Crippen LogP contribution in [0.15, 0.2) is 30.5 Å². The molecule has 0 fully saturated rings. The summed E-state index contributed by atoms with van der Waals surface area (Å²) in [5.74, 6) is -6.04. The minimum atomic E-state index is -1.68. The summed E-state index contributed by atoms with van der Waals surface area (Å²) in [4.78, 5) is 73.5. The van der Waals surface area contributed by atoms with E-state index in [2.05, 4.69) is 15.6 Å².